The van der Waals surface area contributed by atoms with Gasteiger partial charge in [-0.05, 0) is 123 Å². The third-order valence-electron chi connectivity index (χ3n) is 21.2. The summed E-state index contributed by atoms with van der Waals surface area (Å²) in [6.45, 7) is 16.0. The van der Waals surface area contributed by atoms with Crippen LogP contribution < -0.4 is 46.7 Å². The zero-order valence-electron chi connectivity index (χ0n) is 64.4. The first-order chi connectivity index (χ1) is 53.6. The van der Waals surface area contributed by atoms with Crippen LogP contribution in [-0.4, -0.2) is 187 Å². The maximum atomic E-state index is 15.7. The fourth-order valence-corrected chi connectivity index (χ4v) is 14.5. The highest BCUT2D eigenvalue weighted by Gasteiger charge is 2.51. The van der Waals surface area contributed by atoms with Gasteiger partial charge in [-0.1, -0.05) is 175 Å². The van der Waals surface area contributed by atoms with Crippen molar-refractivity contribution in [2.45, 2.75) is 187 Å². The molecule has 9 N–H and O–H groups in total. The Morgan fingerprint density at radius 2 is 1.02 bits per heavy atom. The SMILES string of the molecule is CC[C@@H](C)C(=O)N[C@H](C(=O)N1CC[C@@H]2[C@H]1C(=O)N[C@@H](Cc1ccc3ccccc3c1)C(=O)N[C@H](c1nnn[nH]1)Cc1ccc(cc1)OCc1cn(nn1)[C@@H]1CCN(C(=O)[C@@H](NC(=O)[C@H](C)NC)C(C)(C)C)[C@@H]1C(=O)N[C@@H](Cc1ccc3ccccc3c1)C(=O)N[C@H](C(=O)O)Cc1ccc(cc1)OCc1cn2nn1)C(C)(C)C. The number of carbonyl (C=O) groups is 9. The second-order valence-corrected chi connectivity index (χ2v) is 31.4. The molecule has 6 aliphatic heterocycles. The zero-order valence-corrected chi connectivity index (χ0v) is 64.4. The fraction of sp³-hybridized carbons (Fsp3) is 0.432. The van der Waals surface area contributed by atoms with Crippen molar-refractivity contribution in [3.05, 3.63) is 185 Å². The molecule has 0 radical (unpaired) electrons. The predicted octanol–water partition coefficient (Wildman–Crippen LogP) is 5.53. The van der Waals surface area contributed by atoms with E-state index in [0.29, 0.717) is 51.6 Å². The third-order valence-corrected chi connectivity index (χ3v) is 21.2. The summed E-state index contributed by atoms with van der Waals surface area (Å²) in [6, 6.07) is 27.9. The predicted molar refractivity (Wildman–Crippen MR) is 412 cm³/mol. The summed E-state index contributed by atoms with van der Waals surface area (Å²) in [6.07, 6.45) is 3.92. The lowest BCUT2D eigenvalue weighted by molar-refractivity contribution is -0.145. The molecule has 3 aromatic heterocycles. The van der Waals surface area contributed by atoms with Crippen LogP contribution in [0, 0.1) is 16.7 Å². The van der Waals surface area contributed by atoms with Crippen molar-refractivity contribution in [3.8, 4) is 11.5 Å². The van der Waals surface area contributed by atoms with E-state index in [4.69, 9.17) is 9.47 Å². The number of nitrogens with zero attached hydrogens (tertiary/aromatic N) is 11. The lowest BCUT2D eigenvalue weighted by atomic mass is 9.85. The first-order valence-electron chi connectivity index (χ1n) is 37.9. The number of hydrogen-bond acceptors (Lipinski definition) is 19. The number of carboxylic acid groups (broad SMARTS) is 1. The number of aromatic amines is 1. The van der Waals surface area contributed by atoms with E-state index in [1.54, 1.807) is 103 Å². The van der Waals surface area contributed by atoms with Gasteiger partial charge in [0.25, 0.3) is 0 Å². The van der Waals surface area contributed by atoms with E-state index >= 15 is 28.8 Å². The maximum Gasteiger partial charge on any atom is 0.326 e. The van der Waals surface area contributed by atoms with E-state index in [1.807, 2.05) is 113 Å². The lowest BCUT2D eigenvalue weighted by Crippen LogP contribution is -2.61. The van der Waals surface area contributed by atoms with Crippen LogP contribution in [0.1, 0.15) is 139 Å². The minimum atomic E-state index is -1.53. The molecule has 0 aliphatic carbocycles. The van der Waals surface area contributed by atoms with Crippen LogP contribution in [0.25, 0.3) is 21.5 Å². The minimum absolute atomic E-state index is 0.00887. The Balaban J connectivity index is 0.895. The highest BCUT2D eigenvalue weighted by atomic mass is 16.5. The number of hydrogen-bond donors (Lipinski definition) is 9. The summed E-state index contributed by atoms with van der Waals surface area (Å²) in [4.78, 5) is 136. The highest BCUT2D eigenvalue weighted by Crippen LogP contribution is 2.36. The Bertz CT molecular complexity index is 4880. The normalized spacial score (nSPS) is 21.5. The molecule has 0 unspecified atom stereocenters. The van der Waals surface area contributed by atoms with E-state index in [-0.39, 0.29) is 76.6 Å². The summed E-state index contributed by atoms with van der Waals surface area (Å²) in [5.74, 6) is -5.53. The molecule has 6 aliphatic rings. The molecule has 8 amide bonds. The number of likely N-dealkylation sites (tertiary alicyclic amines) is 2. The van der Waals surface area contributed by atoms with E-state index < -0.39 is 131 Å². The molecule has 0 saturated carbocycles. The number of nitrogens with one attached hydrogen (secondary N) is 8. The number of amides is 8. The molecule has 6 aromatic carbocycles. The number of rotatable bonds is 14. The summed E-state index contributed by atoms with van der Waals surface area (Å²) in [5, 5.41) is 67.8. The van der Waals surface area contributed by atoms with Crippen molar-refractivity contribution in [1.82, 2.24) is 97.6 Å². The smallest absolute Gasteiger partial charge is 0.326 e. The Labute approximate surface area is 647 Å². The van der Waals surface area contributed by atoms with Crippen molar-refractivity contribution in [1.29, 1.82) is 0 Å². The molecule has 15 rings (SSSR count). The number of aliphatic carboxylic acids is 1. The molecule has 31 heteroatoms. The van der Waals surface area contributed by atoms with Crippen molar-refractivity contribution in [3.63, 3.8) is 0 Å². The van der Waals surface area contributed by atoms with Crippen molar-refractivity contribution in [2.75, 3.05) is 20.1 Å². The average molecular weight is 1530 g/mol. The number of ether oxygens (including phenoxy) is 2. The minimum Gasteiger partial charge on any atom is -0.487 e. The quantitative estimate of drug-likeness (QED) is 0.0646. The number of carboxylic acids is 1. The standard InChI is InChI=1S/C81H97N19O12/c1-11-46(2)71(101)87-68(80(4,5)6)77(107)97-34-32-64-66(97)75(105)84-61(40-50-20-26-52-16-12-14-18-54(52)36-50)73(103)83-60(70-91-93-94-92-70)38-48-22-28-58(29-23-48)111-44-56-43-100(96-89-56)65-33-35-98(78(108)69(81(7,8)9)88-72(102)47(3)82-10)67(65)76(106)85-62(41-51-21-27-53-17-13-15-19-55(53)37-51)74(104)86-63(79(109)110)39-49-24-30-59(31-25-49)112-45-57-42-99(64)95-90-57/h12-31,36-37,42-43,46-47,60-69,82H,11,32-35,38-41,44-45H2,1-10H3,(H,83,103)(H,84,105)(H,85,106)(H,86,104)(H,87,101)(H,88,102)(H,109,110)(H,91,92,93,94)/t46-,47+,60+,61+,62+,63+,64-,65-,66+,67+,68-,69-/m1/s1. The first-order valence-corrected chi connectivity index (χ1v) is 37.9. The Morgan fingerprint density at radius 1 is 0.562 bits per heavy atom. The van der Waals surface area contributed by atoms with Crippen molar-refractivity contribution in [2.24, 2.45) is 16.7 Å². The molecule has 2 fully saturated rings. The second-order valence-electron chi connectivity index (χ2n) is 31.4. The number of aromatic nitrogens is 10. The molecule has 8 bridgehead atoms. The number of benzene rings is 6. The second kappa shape index (κ2) is 34.5. The number of fused-ring (bicyclic) bond motifs is 2. The molecule has 0 spiro atoms. The molecule has 9 aromatic rings. The van der Waals surface area contributed by atoms with Gasteiger partial charge in [-0.2, -0.15) is 0 Å². The largest absolute Gasteiger partial charge is 0.487 e. The van der Waals surface area contributed by atoms with Crippen LogP contribution in [0.15, 0.2) is 146 Å². The summed E-state index contributed by atoms with van der Waals surface area (Å²) in [5.41, 5.74) is 1.51. The number of carbonyl (C=O) groups excluding carboxylic acids is 8. The van der Waals surface area contributed by atoms with Gasteiger partial charge in [0.15, 0.2) is 5.82 Å². The van der Waals surface area contributed by atoms with Crippen LogP contribution in [0.4, 0.5) is 0 Å². The Morgan fingerprint density at radius 3 is 1.46 bits per heavy atom. The number of likely N-dealkylation sites (N-methyl/N-ethyl adjacent to an activating group) is 1. The number of H-pyrrole nitrogens is 1. The lowest BCUT2D eigenvalue weighted by Gasteiger charge is -2.37. The van der Waals surface area contributed by atoms with E-state index in [9.17, 15) is 19.5 Å². The molecule has 31 nitrogen and oxygen atoms in total. The summed E-state index contributed by atoms with van der Waals surface area (Å²) >= 11 is 0. The fourth-order valence-electron chi connectivity index (χ4n) is 14.5. The summed E-state index contributed by atoms with van der Waals surface area (Å²) < 4.78 is 15.5. The first kappa shape index (κ1) is 79.5. The molecule has 588 valence electrons. The molecule has 2 saturated heterocycles. The van der Waals surface area contributed by atoms with Gasteiger partial charge in [0.2, 0.25) is 47.3 Å². The van der Waals surface area contributed by atoms with Gasteiger partial charge >= 0.3 is 5.97 Å². The highest BCUT2D eigenvalue weighted by molar-refractivity contribution is 5.98. The Kier molecular flexibility index (Phi) is 24.5. The zero-order chi connectivity index (χ0) is 79.7. The van der Waals surface area contributed by atoms with Gasteiger partial charge in [-0.15, -0.1) is 15.3 Å². The van der Waals surface area contributed by atoms with Crippen LogP contribution in [0.3, 0.4) is 0 Å². The monoisotopic (exact) mass is 1530 g/mol. The van der Waals surface area contributed by atoms with E-state index in [0.717, 1.165) is 21.5 Å². The van der Waals surface area contributed by atoms with Crippen molar-refractivity contribution < 1.29 is 57.7 Å². The van der Waals surface area contributed by atoms with Gasteiger partial charge in [0, 0.05) is 44.7 Å². The topological polar surface area (TPSA) is 399 Å². The average Bonchev–Trinajstić information content (AvgIpc) is 1.71. The molecule has 12 atom stereocenters. The summed E-state index contributed by atoms with van der Waals surface area (Å²) in [7, 11) is 1.62. The van der Waals surface area contributed by atoms with Crippen LogP contribution in [0.5, 0.6) is 11.5 Å². The third kappa shape index (κ3) is 18.9. The van der Waals surface area contributed by atoms with Gasteiger partial charge < -0.3 is 61.6 Å². The molecular formula is C81H97N19O12. The van der Waals surface area contributed by atoms with E-state index in [1.165, 1.54) is 19.2 Å². The van der Waals surface area contributed by atoms with Crippen LogP contribution in [0.2, 0.25) is 0 Å². The van der Waals surface area contributed by atoms with Gasteiger partial charge in [-0.3, -0.25) is 38.4 Å². The van der Waals surface area contributed by atoms with E-state index in [2.05, 4.69) is 78.5 Å². The van der Waals surface area contributed by atoms with Crippen LogP contribution in [-0.2, 0) is 82.0 Å². The maximum absolute atomic E-state index is 15.7. The van der Waals surface area contributed by atoms with Gasteiger partial charge in [0.1, 0.15) is 78.4 Å². The van der Waals surface area contributed by atoms with Gasteiger partial charge in [0.05, 0.1) is 36.6 Å². The molecule has 112 heavy (non-hydrogen) atoms. The van der Waals surface area contributed by atoms with Crippen LogP contribution >= 0.6 is 0 Å². The molecular weight excluding hydrogens is 1430 g/mol. The van der Waals surface area contributed by atoms with Crippen molar-refractivity contribution >= 4 is 74.8 Å². The van der Waals surface area contributed by atoms with Gasteiger partial charge in [-0.25, -0.2) is 19.3 Å². The Hall–Kier alpha value is -12.0. The molecule has 9 heterocycles. The number of tetrazole rings is 1.